The van der Waals surface area contributed by atoms with E-state index in [1.807, 2.05) is 18.2 Å². The molecule has 0 fully saturated rings. The van der Waals surface area contributed by atoms with Gasteiger partial charge in [0.25, 0.3) is 0 Å². The Kier molecular flexibility index (Phi) is 10.7. The fraction of sp³-hybridized carbons (Fsp3) is 0.429. The van der Waals surface area contributed by atoms with E-state index in [0.29, 0.717) is 5.56 Å². The van der Waals surface area contributed by atoms with E-state index < -0.39 is 47.5 Å². The minimum atomic E-state index is -1.52. The lowest BCUT2D eigenvalue weighted by Gasteiger charge is -2.29. The molecule has 0 spiro atoms. The molecule has 2 rings (SSSR count). The van der Waals surface area contributed by atoms with Gasteiger partial charge in [-0.2, -0.15) is 0 Å². The highest BCUT2D eigenvalue weighted by molar-refractivity contribution is 5.93. The van der Waals surface area contributed by atoms with Crippen LogP contribution in [0.5, 0.6) is 0 Å². The summed E-state index contributed by atoms with van der Waals surface area (Å²) in [6.45, 7) is 8.42. The lowest BCUT2D eigenvalue weighted by Crippen LogP contribution is -2.58. The molecule has 37 heavy (non-hydrogen) atoms. The number of nitrogens with one attached hydrogen (secondary N) is 2. The van der Waals surface area contributed by atoms with Crippen LogP contribution in [0.4, 0.5) is 4.79 Å². The van der Waals surface area contributed by atoms with Crippen molar-refractivity contribution in [2.24, 2.45) is 11.8 Å². The molecular weight excluding hydrogens is 476 g/mol. The van der Waals surface area contributed by atoms with Crippen molar-refractivity contribution in [3.05, 3.63) is 71.8 Å². The number of hydrogen-bond donors (Lipinski definition) is 3. The van der Waals surface area contributed by atoms with Gasteiger partial charge in [0, 0.05) is 0 Å². The SMILES string of the molecule is CC(C)[C@H](NC(=O)[C@@H](NC(=O)OC(C)(C)C)C(Cc1ccccc1)C(=O)O)C(=O)OCc1ccccc1. The van der Waals surface area contributed by atoms with Gasteiger partial charge < -0.3 is 25.2 Å². The highest BCUT2D eigenvalue weighted by atomic mass is 16.6. The first kappa shape index (κ1) is 29.4. The number of ether oxygens (including phenoxy) is 2. The summed E-state index contributed by atoms with van der Waals surface area (Å²) in [4.78, 5) is 51.1. The van der Waals surface area contributed by atoms with E-state index in [1.165, 1.54) is 0 Å². The number of benzene rings is 2. The minimum absolute atomic E-state index is 0.0180. The van der Waals surface area contributed by atoms with Crippen molar-refractivity contribution in [3.63, 3.8) is 0 Å². The van der Waals surface area contributed by atoms with Crippen molar-refractivity contribution in [2.75, 3.05) is 0 Å². The molecule has 0 saturated heterocycles. The van der Waals surface area contributed by atoms with Crippen molar-refractivity contribution in [2.45, 2.75) is 65.3 Å². The number of carbonyl (C=O) groups excluding carboxylic acids is 3. The van der Waals surface area contributed by atoms with Crippen molar-refractivity contribution in [1.29, 1.82) is 0 Å². The van der Waals surface area contributed by atoms with E-state index >= 15 is 0 Å². The lowest BCUT2D eigenvalue weighted by atomic mass is 9.91. The van der Waals surface area contributed by atoms with Gasteiger partial charge in [0.15, 0.2) is 0 Å². The molecule has 0 aliphatic rings. The molecule has 0 aliphatic heterocycles. The number of carboxylic acids is 1. The number of aliphatic carboxylic acids is 1. The van der Waals surface area contributed by atoms with Crippen molar-refractivity contribution >= 4 is 23.9 Å². The molecule has 3 N–H and O–H groups in total. The van der Waals surface area contributed by atoms with Crippen LogP contribution >= 0.6 is 0 Å². The normalized spacial score (nSPS) is 13.7. The third-order valence-corrected chi connectivity index (χ3v) is 5.41. The second kappa shape index (κ2) is 13.4. The van der Waals surface area contributed by atoms with Gasteiger partial charge in [-0.05, 0) is 44.2 Å². The second-order valence-corrected chi connectivity index (χ2v) is 10.1. The Hall–Kier alpha value is -3.88. The molecule has 0 aromatic heterocycles. The Morgan fingerprint density at radius 1 is 0.838 bits per heavy atom. The minimum Gasteiger partial charge on any atom is -0.481 e. The molecule has 1 unspecified atom stereocenters. The Balaban J connectivity index is 2.26. The summed E-state index contributed by atoms with van der Waals surface area (Å²) in [6, 6.07) is 15.3. The third kappa shape index (κ3) is 9.95. The highest BCUT2D eigenvalue weighted by Crippen LogP contribution is 2.17. The van der Waals surface area contributed by atoms with Crippen LogP contribution in [0.2, 0.25) is 0 Å². The quantitative estimate of drug-likeness (QED) is 0.391. The van der Waals surface area contributed by atoms with Gasteiger partial charge >= 0.3 is 18.0 Å². The van der Waals surface area contributed by atoms with Crippen LogP contribution in [0.15, 0.2) is 60.7 Å². The standard InChI is InChI=1S/C28H36N2O7/c1-18(2)22(26(34)36-17-20-14-10-7-11-15-20)29-24(31)23(30-27(35)37-28(3,4)5)21(25(32)33)16-19-12-8-6-9-13-19/h6-15,18,21-23H,16-17H2,1-5H3,(H,29,31)(H,30,35)(H,32,33)/t21?,22-,23-/m0/s1. The van der Waals surface area contributed by atoms with Crippen molar-refractivity contribution < 1.29 is 33.8 Å². The van der Waals surface area contributed by atoms with Crippen LogP contribution in [0.25, 0.3) is 0 Å². The average molecular weight is 513 g/mol. The fourth-order valence-corrected chi connectivity index (χ4v) is 3.56. The molecule has 0 heterocycles. The van der Waals surface area contributed by atoms with Gasteiger partial charge in [-0.1, -0.05) is 74.5 Å². The third-order valence-electron chi connectivity index (χ3n) is 5.41. The van der Waals surface area contributed by atoms with E-state index in [-0.39, 0.29) is 18.9 Å². The molecule has 0 aliphatic carbocycles. The number of carbonyl (C=O) groups is 4. The molecule has 9 heteroatoms. The number of rotatable bonds is 11. The molecule has 2 aromatic rings. The summed E-state index contributed by atoms with van der Waals surface area (Å²) in [5.74, 6) is -4.48. The van der Waals surface area contributed by atoms with E-state index in [4.69, 9.17) is 9.47 Å². The molecule has 9 nitrogen and oxygen atoms in total. The Bertz CT molecular complexity index is 1050. The van der Waals surface area contributed by atoms with Gasteiger partial charge in [-0.15, -0.1) is 0 Å². The molecule has 0 bridgehead atoms. The Labute approximate surface area is 217 Å². The first-order chi connectivity index (χ1) is 17.4. The van der Waals surface area contributed by atoms with Gasteiger partial charge in [0.2, 0.25) is 5.91 Å². The van der Waals surface area contributed by atoms with Crippen LogP contribution in [0, 0.1) is 11.8 Å². The molecule has 2 amide bonds. The highest BCUT2D eigenvalue weighted by Gasteiger charge is 2.38. The zero-order valence-corrected chi connectivity index (χ0v) is 21.9. The van der Waals surface area contributed by atoms with E-state index in [2.05, 4.69) is 10.6 Å². The maximum atomic E-state index is 13.4. The van der Waals surface area contributed by atoms with E-state index in [0.717, 1.165) is 5.56 Å². The largest absolute Gasteiger partial charge is 0.481 e. The number of esters is 1. The van der Waals surface area contributed by atoms with Gasteiger partial charge in [0.05, 0.1) is 5.92 Å². The van der Waals surface area contributed by atoms with Gasteiger partial charge in [-0.25, -0.2) is 9.59 Å². The average Bonchev–Trinajstić information content (AvgIpc) is 2.82. The van der Waals surface area contributed by atoms with Crippen LogP contribution < -0.4 is 10.6 Å². The molecule has 200 valence electrons. The summed E-state index contributed by atoms with van der Waals surface area (Å²) in [5, 5.41) is 15.0. The van der Waals surface area contributed by atoms with Crippen LogP contribution in [-0.4, -0.2) is 46.7 Å². The Morgan fingerprint density at radius 3 is 1.86 bits per heavy atom. The summed E-state index contributed by atoms with van der Waals surface area (Å²) in [7, 11) is 0. The summed E-state index contributed by atoms with van der Waals surface area (Å²) in [5.41, 5.74) is 0.578. The summed E-state index contributed by atoms with van der Waals surface area (Å²) >= 11 is 0. The van der Waals surface area contributed by atoms with Crippen LogP contribution in [-0.2, 0) is 36.9 Å². The first-order valence-corrected chi connectivity index (χ1v) is 12.1. The number of carboxylic acid groups (broad SMARTS) is 1. The summed E-state index contributed by atoms with van der Waals surface area (Å²) in [6.07, 6.45) is -0.978. The second-order valence-electron chi connectivity index (χ2n) is 10.1. The molecule has 3 atom stereocenters. The predicted octanol–water partition coefficient (Wildman–Crippen LogP) is 3.71. The number of alkyl carbamates (subject to hydrolysis) is 1. The maximum absolute atomic E-state index is 13.4. The van der Waals surface area contributed by atoms with Gasteiger partial charge in [0.1, 0.15) is 24.3 Å². The van der Waals surface area contributed by atoms with Crippen LogP contribution in [0.1, 0.15) is 45.7 Å². The predicted molar refractivity (Wildman–Crippen MR) is 137 cm³/mol. The Morgan fingerprint density at radius 2 is 1.38 bits per heavy atom. The van der Waals surface area contributed by atoms with Crippen molar-refractivity contribution in [1.82, 2.24) is 10.6 Å². The molecule has 0 radical (unpaired) electrons. The maximum Gasteiger partial charge on any atom is 0.408 e. The smallest absolute Gasteiger partial charge is 0.408 e. The summed E-state index contributed by atoms with van der Waals surface area (Å²) < 4.78 is 10.7. The fourth-order valence-electron chi connectivity index (χ4n) is 3.56. The van der Waals surface area contributed by atoms with Crippen LogP contribution in [0.3, 0.4) is 0 Å². The molecular formula is C28H36N2O7. The van der Waals surface area contributed by atoms with Crippen molar-refractivity contribution in [3.8, 4) is 0 Å². The number of amides is 2. The monoisotopic (exact) mass is 512 g/mol. The topological polar surface area (TPSA) is 131 Å². The zero-order valence-electron chi connectivity index (χ0n) is 21.9. The van der Waals surface area contributed by atoms with Gasteiger partial charge in [-0.3, -0.25) is 9.59 Å². The lowest BCUT2D eigenvalue weighted by molar-refractivity contribution is -0.151. The first-order valence-electron chi connectivity index (χ1n) is 12.1. The number of hydrogen-bond acceptors (Lipinski definition) is 6. The van der Waals surface area contributed by atoms with E-state index in [9.17, 15) is 24.3 Å². The molecule has 0 saturated carbocycles. The van der Waals surface area contributed by atoms with E-state index in [1.54, 1.807) is 77.1 Å². The zero-order chi connectivity index (χ0) is 27.6. The molecule has 2 aromatic carbocycles.